The highest BCUT2D eigenvalue weighted by atomic mass is 16.5. The minimum atomic E-state index is -0.477. The zero-order chi connectivity index (χ0) is 13.1. The predicted octanol–water partition coefficient (Wildman–Crippen LogP) is 0.183. The molecule has 0 amide bonds. The highest BCUT2D eigenvalue weighted by Crippen LogP contribution is 2.22. The van der Waals surface area contributed by atoms with Crippen molar-refractivity contribution in [3.8, 4) is 0 Å². The molecule has 0 unspecified atom stereocenters. The molecule has 2 aromatic rings. The number of aromatic nitrogens is 3. The van der Waals surface area contributed by atoms with Gasteiger partial charge in [0, 0.05) is 12.7 Å². The van der Waals surface area contributed by atoms with Gasteiger partial charge in [0.25, 0.3) is 0 Å². The highest BCUT2D eigenvalue weighted by Gasteiger charge is 2.18. The number of ether oxygens (including phenoxy) is 1. The van der Waals surface area contributed by atoms with Crippen molar-refractivity contribution in [2.45, 2.75) is 13.5 Å². The second-order valence-corrected chi connectivity index (χ2v) is 3.64. The standard InChI is InChI=1S/C11H14N4O3/c1-2-18-11(17)7-5-13-10(12)8-9(7)15(3-4-16)6-14-8/h5-6,16H,2-4H2,1H3,(H2,12,13). The number of imidazole rings is 1. The number of esters is 1. The maximum atomic E-state index is 11.8. The number of nitrogen functional groups attached to an aromatic ring is 1. The number of hydrogen-bond acceptors (Lipinski definition) is 6. The van der Waals surface area contributed by atoms with Crippen LogP contribution in [0, 0.1) is 0 Å². The maximum Gasteiger partial charge on any atom is 0.341 e. The van der Waals surface area contributed by atoms with E-state index in [1.165, 1.54) is 12.5 Å². The average molecular weight is 250 g/mol. The minimum absolute atomic E-state index is 0.0596. The molecule has 7 nitrogen and oxygen atoms in total. The molecule has 2 aromatic heterocycles. The summed E-state index contributed by atoms with van der Waals surface area (Å²) in [6.07, 6.45) is 2.88. The summed E-state index contributed by atoms with van der Waals surface area (Å²) in [4.78, 5) is 19.8. The molecule has 3 N–H and O–H groups in total. The molecule has 0 aliphatic rings. The molecule has 0 radical (unpaired) electrons. The van der Waals surface area contributed by atoms with Crippen molar-refractivity contribution in [1.29, 1.82) is 0 Å². The monoisotopic (exact) mass is 250 g/mol. The molecule has 0 aromatic carbocycles. The summed E-state index contributed by atoms with van der Waals surface area (Å²) in [5, 5.41) is 8.99. The summed E-state index contributed by atoms with van der Waals surface area (Å²) in [7, 11) is 0. The highest BCUT2D eigenvalue weighted by molar-refractivity contribution is 6.04. The Morgan fingerprint density at radius 1 is 1.56 bits per heavy atom. The summed E-state index contributed by atoms with van der Waals surface area (Å²) < 4.78 is 6.61. The molecule has 0 saturated heterocycles. The molecule has 2 rings (SSSR count). The van der Waals surface area contributed by atoms with Crippen molar-refractivity contribution in [2.75, 3.05) is 18.9 Å². The van der Waals surface area contributed by atoms with Crippen molar-refractivity contribution < 1.29 is 14.6 Å². The van der Waals surface area contributed by atoms with Gasteiger partial charge in [0.05, 0.1) is 25.1 Å². The van der Waals surface area contributed by atoms with Crippen LogP contribution in [0.15, 0.2) is 12.5 Å². The van der Waals surface area contributed by atoms with Crippen molar-refractivity contribution in [3.63, 3.8) is 0 Å². The number of nitrogens with two attached hydrogens (primary N) is 1. The molecule has 0 atom stereocenters. The number of carbonyl (C=O) groups excluding carboxylic acids is 1. The number of fused-ring (bicyclic) bond motifs is 1. The van der Waals surface area contributed by atoms with Crippen LogP contribution in [-0.4, -0.2) is 38.8 Å². The number of nitrogens with zero attached hydrogens (tertiary/aromatic N) is 3. The van der Waals surface area contributed by atoms with Gasteiger partial charge in [-0.25, -0.2) is 14.8 Å². The van der Waals surface area contributed by atoms with Gasteiger partial charge in [-0.2, -0.15) is 0 Å². The van der Waals surface area contributed by atoms with Crippen LogP contribution in [0.25, 0.3) is 11.0 Å². The van der Waals surface area contributed by atoms with E-state index in [9.17, 15) is 4.79 Å². The first-order chi connectivity index (χ1) is 8.69. The Kier molecular flexibility index (Phi) is 3.42. The maximum absolute atomic E-state index is 11.8. The normalized spacial score (nSPS) is 10.8. The zero-order valence-corrected chi connectivity index (χ0v) is 9.96. The molecule has 0 bridgehead atoms. The topological polar surface area (TPSA) is 103 Å². The first-order valence-corrected chi connectivity index (χ1v) is 5.56. The molecule has 0 fully saturated rings. The second-order valence-electron chi connectivity index (χ2n) is 3.64. The number of pyridine rings is 1. The van der Waals surface area contributed by atoms with E-state index in [2.05, 4.69) is 9.97 Å². The SMILES string of the molecule is CCOC(=O)c1cnc(N)c2ncn(CCO)c12. The minimum Gasteiger partial charge on any atom is -0.462 e. The molecule has 0 aliphatic heterocycles. The van der Waals surface area contributed by atoms with Crippen molar-refractivity contribution >= 4 is 22.8 Å². The fourth-order valence-electron chi connectivity index (χ4n) is 1.74. The van der Waals surface area contributed by atoms with Gasteiger partial charge in [0.2, 0.25) is 0 Å². The molecule has 0 saturated carbocycles. The third-order valence-electron chi connectivity index (χ3n) is 2.50. The van der Waals surface area contributed by atoms with Gasteiger partial charge < -0.3 is 20.1 Å². The van der Waals surface area contributed by atoms with Crippen molar-refractivity contribution in [3.05, 3.63) is 18.1 Å². The van der Waals surface area contributed by atoms with Gasteiger partial charge in [-0.15, -0.1) is 0 Å². The van der Waals surface area contributed by atoms with Crippen LogP contribution in [0.5, 0.6) is 0 Å². The number of hydrogen-bond donors (Lipinski definition) is 2. The first kappa shape index (κ1) is 12.3. The second kappa shape index (κ2) is 5.01. The van der Waals surface area contributed by atoms with Gasteiger partial charge in [0.15, 0.2) is 5.82 Å². The molecule has 7 heteroatoms. The van der Waals surface area contributed by atoms with E-state index in [0.717, 1.165) is 0 Å². The number of aliphatic hydroxyl groups is 1. The number of anilines is 1. The fraction of sp³-hybridized carbons (Fsp3) is 0.364. The van der Waals surface area contributed by atoms with Crippen molar-refractivity contribution in [1.82, 2.24) is 14.5 Å². The summed E-state index contributed by atoms with van der Waals surface area (Å²) in [5.41, 5.74) is 6.98. The van der Waals surface area contributed by atoms with Crippen molar-refractivity contribution in [2.24, 2.45) is 0 Å². The predicted molar refractivity (Wildman–Crippen MR) is 65.0 cm³/mol. The first-order valence-electron chi connectivity index (χ1n) is 5.56. The van der Waals surface area contributed by atoms with E-state index in [1.807, 2.05) is 0 Å². The summed E-state index contributed by atoms with van der Waals surface area (Å²) in [6, 6.07) is 0. The van der Waals surface area contributed by atoms with Crippen LogP contribution < -0.4 is 5.73 Å². The largest absolute Gasteiger partial charge is 0.462 e. The van der Waals surface area contributed by atoms with Crippen LogP contribution in [0.2, 0.25) is 0 Å². The number of aliphatic hydroxyl groups excluding tert-OH is 1. The van der Waals surface area contributed by atoms with Crippen LogP contribution >= 0.6 is 0 Å². The van der Waals surface area contributed by atoms with Crippen LogP contribution in [-0.2, 0) is 11.3 Å². The third kappa shape index (κ3) is 2.00. The molecule has 96 valence electrons. The number of carbonyl (C=O) groups is 1. The third-order valence-corrected chi connectivity index (χ3v) is 2.50. The Morgan fingerprint density at radius 2 is 2.33 bits per heavy atom. The molecular weight excluding hydrogens is 236 g/mol. The van der Waals surface area contributed by atoms with E-state index in [0.29, 0.717) is 23.1 Å². The molecule has 0 spiro atoms. The lowest BCUT2D eigenvalue weighted by molar-refractivity contribution is 0.0527. The van der Waals surface area contributed by atoms with Crippen LogP contribution in [0.3, 0.4) is 0 Å². The van der Waals surface area contributed by atoms with Crippen LogP contribution in [0.1, 0.15) is 17.3 Å². The lowest BCUT2D eigenvalue weighted by atomic mass is 10.2. The lowest BCUT2D eigenvalue weighted by Gasteiger charge is -2.07. The van der Waals surface area contributed by atoms with E-state index in [1.54, 1.807) is 11.5 Å². The molecule has 18 heavy (non-hydrogen) atoms. The van der Waals surface area contributed by atoms with E-state index in [-0.39, 0.29) is 19.0 Å². The Morgan fingerprint density at radius 3 is 3.00 bits per heavy atom. The quantitative estimate of drug-likeness (QED) is 0.750. The summed E-state index contributed by atoms with van der Waals surface area (Å²) in [6.45, 7) is 2.27. The summed E-state index contributed by atoms with van der Waals surface area (Å²) in [5.74, 6) is -0.232. The Balaban J connectivity index is 2.61. The van der Waals surface area contributed by atoms with Gasteiger partial charge >= 0.3 is 5.97 Å². The van der Waals surface area contributed by atoms with E-state index >= 15 is 0 Å². The molecule has 0 aliphatic carbocycles. The number of rotatable bonds is 4. The zero-order valence-electron chi connectivity index (χ0n) is 9.96. The summed E-state index contributed by atoms with van der Waals surface area (Å²) >= 11 is 0. The lowest BCUT2D eigenvalue weighted by Crippen LogP contribution is -2.10. The Hall–Kier alpha value is -2.15. The molecule has 2 heterocycles. The van der Waals surface area contributed by atoms with E-state index in [4.69, 9.17) is 15.6 Å². The smallest absolute Gasteiger partial charge is 0.341 e. The Labute approximate surface area is 103 Å². The Bertz CT molecular complexity index is 579. The fourth-order valence-corrected chi connectivity index (χ4v) is 1.74. The van der Waals surface area contributed by atoms with E-state index < -0.39 is 5.97 Å². The van der Waals surface area contributed by atoms with Gasteiger partial charge in [-0.3, -0.25) is 0 Å². The van der Waals surface area contributed by atoms with Gasteiger partial charge in [-0.05, 0) is 6.92 Å². The van der Waals surface area contributed by atoms with Gasteiger partial charge in [0.1, 0.15) is 11.1 Å². The van der Waals surface area contributed by atoms with Crippen LogP contribution in [0.4, 0.5) is 5.82 Å². The average Bonchev–Trinajstić information content (AvgIpc) is 2.76. The molecular formula is C11H14N4O3. The van der Waals surface area contributed by atoms with Gasteiger partial charge in [-0.1, -0.05) is 0 Å².